The van der Waals surface area contributed by atoms with E-state index in [1.54, 1.807) is 58.5 Å². The van der Waals surface area contributed by atoms with Crippen molar-refractivity contribution in [1.82, 2.24) is 20.6 Å². The molecule has 4 aromatic rings. The van der Waals surface area contributed by atoms with Gasteiger partial charge in [0, 0.05) is 16.8 Å². The Morgan fingerprint density at radius 2 is 1.18 bits per heavy atom. The number of carbonyl (C=O) groups excluding carboxylic acids is 4. The predicted octanol–water partition coefficient (Wildman–Crippen LogP) is 9.45. The van der Waals surface area contributed by atoms with E-state index in [2.05, 4.69) is 30.0 Å². The van der Waals surface area contributed by atoms with E-state index in [1.807, 2.05) is 22.8 Å². The first-order valence-electron chi connectivity index (χ1n) is 19.4. The zero-order valence-electron chi connectivity index (χ0n) is 35.1. The molecule has 0 aliphatic heterocycles. The van der Waals surface area contributed by atoms with Crippen molar-refractivity contribution in [3.63, 3.8) is 0 Å². The number of benzene rings is 2. The van der Waals surface area contributed by atoms with Crippen LogP contribution < -0.4 is 40.7 Å². The number of pyridine rings is 2. The molecule has 2 aromatic carbocycles. The van der Waals surface area contributed by atoms with Crippen LogP contribution in [0.5, 0.6) is 34.8 Å². The van der Waals surface area contributed by atoms with Gasteiger partial charge in [-0.3, -0.25) is 25.6 Å². The van der Waals surface area contributed by atoms with Gasteiger partial charge in [-0.25, -0.2) is 19.6 Å². The Kier molecular flexibility index (Phi) is 19.5. The molecule has 19 nitrogen and oxygen atoms in total. The highest BCUT2D eigenvalue weighted by Crippen LogP contribution is 2.47. The summed E-state index contributed by atoms with van der Waals surface area (Å²) < 4.78 is 31.2. The molecule has 342 valence electrons. The molecule has 0 radical (unpaired) electrons. The summed E-state index contributed by atoms with van der Waals surface area (Å²) in [6, 6.07) is 13.0. The Hall–Kier alpha value is -6.77. The lowest BCUT2D eigenvalue weighted by Gasteiger charge is -2.13. The molecule has 2 heterocycles. The second-order valence-corrected chi connectivity index (χ2v) is 15.0. The largest absolute Gasteiger partial charge is 0.481 e. The summed E-state index contributed by atoms with van der Waals surface area (Å²) in [4.78, 5) is 52.7. The minimum Gasteiger partial charge on any atom is -0.481 e. The second kappa shape index (κ2) is 24.9. The van der Waals surface area contributed by atoms with Crippen LogP contribution in [0.15, 0.2) is 53.9 Å². The number of nitrogens with one attached hydrogen (secondary N) is 3. The van der Waals surface area contributed by atoms with Crippen LogP contribution in [0.1, 0.15) is 68.9 Å². The lowest BCUT2D eigenvalue weighted by Crippen LogP contribution is -2.36. The van der Waals surface area contributed by atoms with Crippen LogP contribution in [0.2, 0.25) is 20.1 Å². The molecule has 2 fully saturated rings. The van der Waals surface area contributed by atoms with E-state index in [9.17, 15) is 19.2 Å². The number of amides is 4. The number of ether oxygens (including phenoxy) is 6. The zero-order valence-corrected chi connectivity index (χ0v) is 38.2. The molecule has 65 heavy (non-hydrogen) atoms. The minimum absolute atomic E-state index is 0.0658. The molecule has 0 atom stereocenters. The number of hydrogen-bond acceptors (Lipinski definition) is 17. The number of aromatic nitrogens is 2. The highest BCUT2D eigenvalue weighted by atomic mass is 35.5. The number of imide groups is 2. The van der Waals surface area contributed by atoms with Gasteiger partial charge in [0.2, 0.25) is 23.4 Å². The molecular weight excluding hydrogens is 932 g/mol. The highest BCUT2D eigenvalue weighted by molar-refractivity contribution is 6.47. The highest BCUT2D eigenvalue weighted by Gasteiger charge is 2.29. The van der Waals surface area contributed by atoms with Crippen LogP contribution in [-0.4, -0.2) is 67.1 Å². The maximum atomic E-state index is 11.9. The Balaban J connectivity index is 0.000000245. The molecule has 2 aromatic heterocycles. The maximum Gasteiger partial charge on any atom is 0.414 e. The van der Waals surface area contributed by atoms with Gasteiger partial charge in [0.1, 0.15) is 24.0 Å². The molecule has 23 heteroatoms. The standard InChI is InChI=1S/C21H19Cl2N5O5.C15H14Cl2N2O2.C6H8N2O3/c1-3-32-21(30)26-19(29)17(9-24)28-27-12-6-15(22)18(16(23)7-12)33-13-8-14(11-4-5-11)20(31-2)25-10-13;1-20-15-11(8-2-3-8)6-10(7-19-15)21-14-12(16)4-9(18)5-13(14)17;1-2-11-6(10)8-5(9)3-4-7/h6-8,10-11,27H,3-5H2,1-2H3,(H,26,29,30);4-8H,2-3,18H2,1H3;2-3H2,1H3,(H,8,9,10)/b28-17-;;. The topological polar surface area (TPSA) is 271 Å². The molecule has 2 saturated carbocycles. The van der Waals surface area contributed by atoms with Crippen molar-refractivity contribution in [2.24, 2.45) is 5.10 Å². The lowest BCUT2D eigenvalue weighted by molar-refractivity contribution is -0.119. The molecule has 0 bridgehead atoms. The van der Waals surface area contributed by atoms with E-state index in [0.717, 1.165) is 36.8 Å². The zero-order chi connectivity index (χ0) is 47.6. The van der Waals surface area contributed by atoms with Gasteiger partial charge in [0.15, 0.2) is 11.5 Å². The second-order valence-electron chi connectivity index (χ2n) is 13.3. The third-order valence-corrected chi connectivity index (χ3v) is 9.58. The number of nitrogen functional groups attached to an aromatic ring is 1. The molecule has 6 rings (SSSR count). The normalized spacial score (nSPS) is 12.5. The van der Waals surface area contributed by atoms with E-state index in [-0.39, 0.29) is 41.1 Å². The van der Waals surface area contributed by atoms with Gasteiger partial charge in [-0.05, 0) is 87.8 Å². The minimum atomic E-state index is -1.03. The molecule has 0 saturated heterocycles. The number of methoxy groups -OCH3 is 2. The van der Waals surface area contributed by atoms with Gasteiger partial charge >= 0.3 is 12.2 Å². The van der Waals surface area contributed by atoms with Crippen LogP contribution in [-0.2, 0) is 19.1 Å². The summed E-state index contributed by atoms with van der Waals surface area (Å²) in [5, 5.41) is 25.6. The van der Waals surface area contributed by atoms with Crippen LogP contribution in [0.4, 0.5) is 21.0 Å². The number of hydrogen-bond donors (Lipinski definition) is 4. The van der Waals surface area contributed by atoms with Crippen molar-refractivity contribution in [2.75, 3.05) is 38.6 Å². The van der Waals surface area contributed by atoms with E-state index in [1.165, 1.54) is 18.3 Å². The summed E-state index contributed by atoms with van der Waals surface area (Å²) in [5.74, 6) is 2.00. The van der Waals surface area contributed by atoms with Gasteiger partial charge in [0.05, 0.1) is 71.7 Å². The van der Waals surface area contributed by atoms with E-state index in [0.29, 0.717) is 56.6 Å². The molecule has 2 aliphatic carbocycles. The number of carbonyl (C=O) groups is 4. The van der Waals surface area contributed by atoms with Crippen molar-refractivity contribution < 1.29 is 47.6 Å². The monoisotopic (exact) mass is 971 g/mol. The lowest BCUT2D eigenvalue weighted by atomic mass is 10.2. The average Bonchev–Trinajstić information content (AvgIpc) is 4.20. The number of nitrogens with two attached hydrogens (primary N) is 1. The number of halogens is 4. The molecule has 4 amide bonds. The molecule has 5 N–H and O–H groups in total. The summed E-state index contributed by atoms with van der Waals surface area (Å²) in [7, 11) is 3.18. The van der Waals surface area contributed by atoms with Crippen LogP contribution in [0, 0.1) is 22.7 Å². The fourth-order valence-electron chi connectivity index (χ4n) is 5.32. The van der Waals surface area contributed by atoms with Gasteiger partial charge in [0.25, 0.3) is 5.91 Å². The summed E-state index contributed by atoms with van der Waals surface area (Å²) in [6.45, 7) is 3.46. The van der Waals surface area contributed by atoms with Crippen LogP contribution in [0.25, 0.3) is 0 Å². The van der Waals surface area contributed by atoms with Crippen LogP contribution in [0.3, 0.4) is 0 Å². The molecule has 2 aliphatic rings. The number of rotatable bonds is 14. The maximum absolute atomic E-state index is 11.9. The molecule has 0 spiro atoms. The van der Waals surface area contributed by atoms with Crippen molar-refractivity contribution >= 4 is 87.5 Å². The summed E-state index contributed by atoms with van der Waals surface area (Å²) >= 11 is 24.9. The fourth-order valence-corrected chi connectivity index (χ4v) is 6.47. The number of nitriles is 2. The summed E-state index contributed by atoms with van der Waals surface area (Å²) in [6.07, 6.45) is 5.37. The van der Waals surface area contributed by atoms with Gasteiger partial charge < -0.3 is 34.2 Å². The van der Waals surface area contributed by atoms with E-state index >= 15 is 0 Å². The van der Waals surface area contributed by atoms with Crippen molar-refractivity contribution in [2.45, 2.75) is 57.8 Å². The van der Waals surface area contributed by atoms with Crippen molar-refractivity contribution in [3.05, 3.63) is 80.0 Å². The average molecular weight is 974 g/mol. The fraction of sp³-hybridized carbons (Fsp3) is 0.310. The summed E-state index contributed by atoms with van der Waals surface area (Å²) in [5.41, 5.74) is 10.4. The van der Waals surface area contributed by atoms with Crippen molar-refractivity contribution in [3.8, 4) is 46.9 Å². The first kappa shape index (κ1) is 50.9. The Morgan fingerprint density at radius 1 is 0.738 bits per heavy atom. The van der Waals surface area contributed by atoms with E-state index < -0.39 is 29.7 Å². The predicted molar refractivity (Wildman–Crippen MR) is 240 cm³/mol. The first-order valence-corrected chi connectivity index (χ1v) is 20.9. The third-order valence-electron chi connectivity index (χ3n) is 8.45. The van der Waals surface area contributed by atoms with Gasteiger partial charge in [-0.1, -0.05) is 46.4 Å². The van der Waals surface area contributed by atoms with Gasteiger partial charge in [-0.15, -0.1) is 0 Å². The number of hydrazone groups is 1. The Bertz CT molecular complexity index is 2460. The number of nitrogens with zero attached hydrogens (tertiary/aromatic N) is 5. The number of alkyl carbamates (subject to hydrolysis) is 2. The van der Waals surface area contributed by atoms with Crippen molar-refractivity contribution in [1.29, 1.82) is 10.5 Å². The van der Waals surface area contributed by atoms with E-state index in [4.69, 9.17) is 81.6 Å². The SMILES string of the molecule is CCOC(=O)NC(=O)/C(C#N)=N\Nc1cc(Cl)c(Oc2cnc(OC)c(C3CC3)c2)c(Cl)c1.CCOC(=O)NC(=O)CC#N.COc1ncc(Oc2c(Cl)cc(N)cc2Cl)cc1C1CC1. The first-order chi connectivity index (χ1) is 31.1. The quantitative estimate of drug-likeness (QED) is 0.0520. The number of anilines is 2. The molecule has 0 unspecified atom stereocenters. The van der Waals surface area contributed by atoms with Crippen LogP contribution >= 0.6 is 46.4 Å². The smallest absolute Gasteiger partial charge is 0.414 e. The Labute approximate surface area is 393 Å². The molecular formula is C42H41Cl4N9O10. The Morgan fingerprint density at radius 3 is 1.58 bits per heavy atom. The van der Waals surface area contributed by atoms with Gasteiger partial charge in [-0.2, -0.15) is 15.6 Å². The third kappa shape index (κ3) is 15.8.